The van der Waals surface area contributed by atoms with Crippen molar-refractivity contribution in [1.29, 1.82) is 0 Å². The van der Waals surface area contributed by atoms with Crippen molar-refractivity contribution >= 4 is 23.5 Å². The van der Waals surface area contributed by atoms with Gasteiger partial charge in [0.25, 0.3) is 0 Å². The molecule has 2 heterocycles. The van der Waals surface area contributed by atoms with E-state index < -0.39 is 0 Å². The van der Waals surface area contributed by atoms with E-state index >= 15 is 0 Å². The van der Waals surface area contributed by atoms with E-state index in [-0.39, 0.29) is 17.4 Å². The van der Waals surface area contributed by atoms with Crippen LogP contribution >= 0.6 is 11.8 Å². The smallest absolute Gasteiger partial charge is 0.225 e. The number of carbonyl (C=O) groups excluding carboxylic acids is 1. The van der Waals surface area contributed by atoms with E-state index in [1.165, 1.54) is 0 Å². The van der Waals surface area contributed by atoms with Crippen LogP contribution in [-0.2, 0) is 4.79 Å². The first kappa shape index (κ1) is 19.7. The third-order valence-corrected chi connectivity index (χ3v) is 6.03. The molecule has 1 saturated heterocycles. The SMILES string of the molecule is CCC(C)(C)NC(=O)C1CCCN(c2nccnc2Sc2ccccc2)C1. The summed E-state index contributed by atoms with van der Waals surface area (Å²) in [6.45, 7) is 7.83. The van der Waals surface area contributed by atoms with Crippen molar-refractivity contribution in [2.75, 3.05) is 18.0 Å². The minimum Gasteiger partial charge on any atom is -0.354 e. The summed E-state index contributed by atoms with van der Waals surface area (Å²) in [5.74, 6) is 1.01. The third-order valence-electron chi connectivity index (χ3n) is 5.04. The Morgan fingerprint density at radius 3 is 2.74 bits per heavy atom. The first-order chi connectivity index (χ1) is 13.0. The van der Waals surface area contributed by atoms with E-state index in [1.54, 1.807) is 24.2 Å². The average Bonchev–Trinajstić information content (AvgIpc) is 2.69. The van der Waals surface area contributed by atoms with Crippen molar-refractivity contribution in [3.05, 3.63) is 42.7 Å². The lowest BCUT2D eigenvalue weighted by atomic mass is 9.94. The summed E-state index contributed by atoms with van der Waals surface area (Å²) < 4.78 is 0. The zero-order chi connectivity index (χ0) is 19.3. The quantitative estimate of drug-likeness (QED) is 0.811. The maximum absolute atomic E-state index is 12.7. The van der Waals surface area contributed by atoms with Gasteiger partial charge >= 0.3 is 0 Å². The molecule has 1 atom stereocenters. The number of nitrogens with one attached hydrogen (secondary N) is 1. The summed E-state index contributed by atoms with van der Waals surface area (Å²) in [5, 5.41) is 4.08. The van der Waals surface area contributed by atoms with E-state index in [2.05, 4.69) is 53.1 Å². The second-order valence-corrected chi connectivity index (χ2v) is 8.67. The fourth-order valence-corrected chi connectivity index (χ4v) is 4.02. The Bertz CT molecular complexity index is 766. The summed E-state index contributed by atoms with van der Waals surface area (Å²) in [6, 6.07) is 10.2. The molecule has 0 saturated carbocycles. The summed E-state index contributed by atoms with van der Waals surface area (Å²) >= 11 is 1.62. The van der Waals surface area contributed by atoms with E-state index in [9.17, 15) is 4.79 Å². The number of rotatable bonds is 6. The van der Waals surface area contributed by atoms with E-state index in [0.717, 1.165) is 41.5 Å². The number of hydrogen-bond acceptors (Lipinski definition) is 5. The molecular formula is C21H28N4OS. The minimum atomic E-state index is -0.166. The summed E-state index contributed by atoms with van der Waals surface area (Å²) in [6.07, 6.45) is 6.28. The highest BCUT2D eigenvalue weighted by Crippen LogP contribution is 2.33. The van der Waals surface area contributed by atoms with Crippen molar-refractivity contribution in [1.82, 2.24) is 15.3 Å². The van der Waals surface area contributed by atoms with Gasteiger partial charge in [-0.1, -0.05) is 36.9 Å². The third kappa shape index (κ3) is 5.22. The molecule has 1 unspecified atom stereocenters. The summed E-state index contributed by atoms with van der Waals surface area (Å²) in [4.78, 5) is 25.2. The summed E-state index contributed by atoms with van der Waals surface area (Å²) in [5.41, 5.74) is -0.166. The van der Waals surface area contributed by atoms with E-state index in [4.69, 9.17) is 0 Å². The van der Waals surface area contributed by atoms with Gasteiger partial charge in [-0.3, -0.25) is 4.79 Å². The maximum atomic E-state index is 12.7. The van der Waals surface area contributed by atoms with Crippen LogP contribution in [0.1, 0.15) is 40.0 Å². The first-order valence-corrected chi connectivity index (χ1v) is 10.4. The highest BCUT2D eigenvalue weighted by Gasteiger charge is 2.30. The van der Waals surface area contributed by atoms with Gasteiger partial charge in [0.05, 0.1) is 5.92 Å². The molecule has 2 aromatic rings. The molecule has 1 fully saturated rings. The van der Waals surface area contributed by atoms with Gasteiger partial charge in [-0.05, 0) is 45.2 Å². The molecule has 1 amide bonds. The van der Waals surface area contributed by atoms with Crippen LogP contribution in [-0.4, -0.2) is 34.5 Å². The van der Waals surface area contributed by atoms with E-state index in [1.807, 2.05) is 18.2 Å². The Morgan fingerprint density at radius 1 is 1.26 bits per heavy atom. The van der Waals surface area contributed by atoms with Crippen molar-refractivity contribution < 1.29 is 4.79 Å². The molecule has 1 aliphatic heterocycles. The lowest BCUT2D eigenvalue weighted by molar-refractivity contribution is -0.126. The number of piperidine rings is 1. The van der Waals surface area contributed by atoms with Crippen LogP contribution in [0.2, 0.25) is 0 Å². The molecule has 1 N–H and O–H groups in total. The molecule has 144 valence electrons. The summed E-state index contributed by atoms with van der Waals surface area (Å²) in [7, 11) is 0. The normalized spacial score (nSPS) is 17.6. The molecule has 0 aliphatic carbocycles. The van der Waals surface area contributed by atoms with Crippen molar-refractivity contribution in [2.45, 2.75) is 55.5 Å². The highest BCUT2D eigenvalue weighted by molar-refractivity contribution is 7.99. The van der Waals surface area contributed by atoms with Gasteiger partial charge in [0.2, 0.25) is 5.91 Å². The number of amides is 1. The molecule has 1 aromatic heterocycles. The van der Waals surface area contributed by atoms with Gasteiger partial charge in [0, 0.05) is 35.9 Å². The molecule has 6 heteroatoms. The van der Waals surface area contributed by atoms with Crippen molar-refractivity contribution in [3.63, 3.8) is 0 Å². The Balaban J connectivity index is 1.74. The standard InChI is InChI=1S/C21H28N4OS/c1-4-21(2,3)24-19(26)16-9-8-14-25(15-16)18-20(23-13-12-22-18)27-17-10-6-5-7-11-17/h5-7,10-13,16H,4,8-9,14-15H2,1-3H3,(H,24,26). The van der Waals surface area contributed by atoms with Gasteiger partial charge in [-0.2, -0.15) is 0 Å². The second kappa shape index (κ2) is 8.74. The zero-order valence-corrected chi connectivity index (χ0v) is 17.1. The first-order valence-electron chi connectivity index (χ1n) is 9.59. The topological polar surface area (TPSA) is 58.1 Å². The highest BCUT2D eigenvalue weighted by atomic mass is 32.2. The minimum absolute atomic E-state index is 0.0128. The van der Waals surface area contributed by atoms with Crippen LogP contribution in [0.5, 0.6) is 0 Å². The number of nitrogens with zero attached hydrogens (tertiary/aromatic N) is 3. The van der Waals surface area contributed by atoms with Crippen LogP contribution in [0, 0.1) is 5.92 Å². The number of hydrogen-bond donors (Lipinski definition) is 1. The molecule has 1 aliphatic rings. The number of anilines is 1. The predicted octanol–water partition coefficient (Wildman–Crippen LogP) is 4.15. The molecule has 0 bridgehead atoms. The van der Waals surface area contributed by atoms with Crippen LogP contribution in [0.4, 0.5) is 5.82 Å². The lowest BCUT2D eigenvalue weighted by Gasteiger charge is -2.35. The Morgan fingerprint density at radius 2 is 2.00 bits per heavy atom. The fraction of sp³-hybridized carbons (Fsp3) is 0.476. The molecule has 1 aromatic carbocycles. The molecule has 0 spiro atoms. The van der Waals surface area contributed by atoms with Gasteiger partial charge in [-0.25, -0.2) is 9.97 Å². The largest absolute Gasteiger partial charge is 0.354 e. The van der Waals surface area contributed by atoms with Crippen molar-refractivity contribution in [3.8, 4) is 0 Å². The predicted molar refractivity (Wildman–Crippen MR) is 110 cm³/mol. The molecule has 5 nitrogen and oxygen atoms in total. The molecular weight excluding hydrogens is 356 g/mol. The molecule has 3 rings (SSSR count). The Kier molecular flexibility index (Phi) is 6.37. The zero-order valence-electron chi connectivity index (χ0n) is 16.3. The number of carbonyl (C=O) groups is 1. The second-order valence-electron chi connectivity index (χ2n) is 7.61. The monoisotopic (exact) mass is 384 g/mol. The fourth-order valence-electron chi connectivity index (χ4n) is 3.11. The number of benzene rings is 1. The average molecular weight is 385 g/mol. The van der Waals surface area contributed by atoms with Gasteiger partial charge in [0.1, 0.15) is 5.03 Å². The van der Waals surface area contributed by atoms with E-state index in [0.29, 0.717) is 6.54 Å². The Hall–Kier alpha value is -2.08. The Labute approximate surface area is 166 Å². The van der Waals surface area contributed by atoms with Crippen molar-refractivity contribution in [2.24, 2.45) is 5.92 Å². The number of aromatic nitrogens is 2. The van der Waals surface area contributed by atoms with Gasteiger partial charge in [-0.15, -0.1) is 0 Å². The maximum Gasteiger partial charge on any atom is 0.225 e. The van der Waals surface area contributed by atoms with Gasteiger partial charge < -0.3 is 10.2 Å². The molecule has 27 heavy (non-hydrogen) atoms. The van der Waals surface area contributed by atoms with Crippen LogP contribution in [0.25, 0.3) is 0 Å². The lowest BCUT2D eigenvalue weighted by Crippen LogP contribution is -2.50. The van der Waals surface area contributed by atoms with Crippen LogP contribution in [0.3, 0.4) is 0 Å². The molecule has 0 radical (unpaired) electrons. The van der Waals surface area contributed by atoms with Crippen LogP contribution in [0.15, 0.2) is 52.6 Å². The van der Waals surface area contributed by atoms with Crippen LogP contribution < -0.4 is 10.2 Å². The van der Waals surface area contributed by atoms with Gasteiger partial charge in [0.15, 0.2) is 5.82 Å².